The van der Waals surface area contributed by atoms with Crippen LogP contribution in [0.15, 0.2) is 54.6 Å². The summed E-state index contributed by atoms with van der Waals surface area (Å²) in [7, 11) is 0. The number of rotatable bonds is 2. The van der Waals surface area contributed by atoms with Crippen LogP contribution in [0, 0.1) is 0 Å². The van der Waals surface area contributed by atoms with Gasteiger partial charge in [-0.1, -0.05) is 0 Å². The molecule has 2 aliphatic rings. The summed E-state index contributed by atoms with van der Waals surface area (Å²) >= 11 is -0.986. The molecule has 146 valence electrons. The molecule has 6 nitrogen and oxygen atoms in total. The molecule has 3 aromatic rings. The van der Waals surface area contributed by atoms with Gasteiger partial charge in [-0.05, 0) is 0 Å². The zero-order valence-electron chi connectivity index (χ0n) is 14.5. The Labute approximate surface area is 171 Å². The van der Waals surface area contributed by atoms with Gasteiger partial charge in [0.2, 0.25) is 0 Å². The first-order valence-corrected chi connectivity index (χ1v) is 14.8. The molecule has 5 atom stereocenters. The van der Waals surface area contributed by atoms with Crippen molar-refractivity contribution < 1.29 is 30.3 Å². The van der Waals surface area contributed by atoms with Gasteiger partial charge in [-0.2, -0.15) is 0 Å². The molecule has 2 fully saturated rings. The Morgan fingerprint density at radius 1 is 0.893 bits per heavy atom. The Kier molecular flexibility index (Phi) is 4.23. The average Bonchev–Trinajstić information content (AvgIpc) is 2.72. The van der Waals surface area contributed by atoms with Crippen LogP contribution < -0.4 is 0 Å². The van der Waals surface area contributed by atoms with Crippen LogP contribution in [0.4, 0.5) is 0 Å². The molecule has 0 unspecified atom stereocenters. The summed E-state index contributed by atoms with van der Waals surface area (Å²) in [5.41, 5.74) is 0.319. The van der Waals surface area contributed by atoms with Crippen LogP contribution in [-0.2, 0) is 10.5 Å². The van der Waals surface area contributed by atoms with E-state index in [0.717, 1.165) is 16.2 Å². The maximum absolute atomic E-state index is 11.6. The van der Waals surface area contributed by atoms with Gasteiger partial charge < -0.3 is 0 Å². The van der Waals surface area contributed by atoms with Crippen molar-refractivity contribution in [2.45, 2.75) is 27.0 Å². The van der Waals surface area contributed by atoms with Crippen LogP contribution >= 0.6 is 0 Å². The molecule has 0 aliphatic carbocycles. The first-order valence-electron chi connectivity index (χ1n) is 8.77. The zero-order chi connectivity index (χ0) is 19.7. The van der Waals surface area contributed by atoms with Crippen LogP contribution in [0.2, 0.25) is 0 Å². The van der Waals surface area contributed by atoms with E-state index >= 15 is 0 Å². The van der Waals surface area contributed by atoms with Crippen molar-refractivity contribution in [1.29, 1.82) is 0 Å². The van der Waals surface area contributed by atoms with Gasteiger partial charge in [-0.25, -0.2) is 0 Å². The molecule has 28 heavy (non-hydrogen) atoms. The Balaban J connectivity index is 1.77. The molecule has 8 heteroatoms. The van der Waals surface area contributed by atoms with E-state index in [4.69, 9.17) is 4.74 Å². The monoisotopic (exact) mass is 514 g/mol. The van der Waals surface area contributed by atoms with Crippen molar-refractivity contribution in [3.8, 4) is 0 Å². The van der Waals surface area contributed by atoms with E-state index in [-0.39, 0.29) is 0 Å². The number of ether oxygens (including phenoxy) is 1. The molecule has 0 aromatic heterocycles. The van der Waals surface area contributed by atoms with E-state index in [2.05, 4.69) is 0 Å². The summed E-state index contributed by atoms with van der Waals surface area (Å²) in [5.74, 6) is -2.24. The van der Waals surface area contributed by atoms with E-state index in [9.17, 15) is 25.5 Å². The molecular formula is C20H18O6Se2. The van der Waals surface area contributed by atoms with Crippen molar-refractivity contribution in [2.75, 3.05) is 6.61 Å². The van der Waals surface area contributed by atoms with E-state index in [1.54, 1.807) is 12.1 Å². The Bertz CT molecular complexity index is 1090. The van der Waals surface area contributed by atoms with Crippen LogP contribution in [0.3, 0.4) is 0 Å². The van der Waals surface area contributed by atoms with E-state index in [0.29, 0.717) is 10.9 Å². The van der Waals surface area contributed by atoms with Crippen molar-refractivity contribution in [3.63, 3.8) is 0 Å². The first-order chi connectivity index (χ1) is 13.3. The van der Waals surface area contributed by atoms with Crippen LogP contribution in [-0.4, -0.2) is 79.6 Å². The quantitative estimate of drug-likeness (QED) is 0.236. The summed E-state index contributed by atoms with van der Waals surface area (Å²) < 4.78 is 1.84. The van der Waals surface area contributed by atoms with Crippen LogP contribution in [0.5, 0.6) is 0 Å². The molecule has 0 amide bonds. The molecule has 2 saturated heterocycles. The molecule has 2 heterocycles. The Hall–Kier alpha value is -1.02. The Morgan fingerprint density at radius 3 is 2.21 bits per heavy atom. The zero-order valence-corrected chi connectivity index (χ0v) is 17.9. The second-order valence-electron chi connectivity index (χ2n) is 7.16. The second-order valence-corrected chi connectivity index (χ2v) is 14.0. The van der Waals surface area contributed by atoms with Gasteiger partial charge in [-0.3, -0.25) is 0 Å². The predicted octanol–water partition coefficient (Wildman–Crippen LogP) is -0.396. The van der Waals surface area contributed by atoms with Gasteiger partial charge in [0.25, 0.3) is 0 Å². The number of aliphatic hydroxyl groups excluding tert-OH is 2. The summed E-state index contributed by atoms with van der Waals surface area (Å²) in [6, 6.07) is 17.0. The summed E-state index contributed by atoms with van der Waals surface area (Å²) in [6.07, 6.45) is -2.67. The second kappa shape index (κ2) is 6.24. The third-order valence-corrected chi connectivity index (χ3v) is 16.1. The number of benzene rings is 3. The molecule has 0 radical (unpaired) electrons. The van der Waals surface area contributed by atoms with E-state index in [1.165, 1.54) is 0 Å². The Morgan fingerprint density at radius 2 is 1.57 bits per heavy atom. The fraction of sp³-hybridized carbons (Fsp3) is 0.300. The standard InChI is InChI=1S/C20H18O6Se2/c21-10-16-17(22)19(24)20(25,28-27-19)18(23,26-16)15-7-3-6-13-8-11-4-1-2-5-12(11)9-14(13)15/h1-9,16-17,21-25H,10H2/t16-,17+,18+,19-,20+/m1/s1. The molecule has 5 rings (SSSR count). The minimum atomic E-state index is -2.24. The predicted molar refractivity (Wildman–Crippen MR) is 105 cm³/mol. The summed E-state index contributed by atoms with van der Waals surface area (Å²) in [4.78, 5) is 0. The topological polar surface area (TPSA) is 110 Å². The van der Waals surface area contributed by atoms with Gasteiger partial charge in [-0.15, -0.1) is 0 Å². The summed E-state index contributed by atoms with van der Waals surface area (Å²) in [5, 5.41) is 57.5. The van der Waals surface area contributed by atoms with Gasteiger partial charge in [0.05, 0.1) is 0 Å². The fourth-order valence-corrected chi connectivity index (χ4v) is 13.3. The van der Waals surface area contributed by atoms with Crippen molar-refractivity contribution >= 4 is 47.8 Å². The van der Waals surface area contributed by atoms with Gasteiger partial charge in [0.15, 0.2) is 0 Å². The fourth-order valence-electron chi connectivity index (χ4n) is 4.02. The summed E-state index contributed by atoms with van der Waals surface area (Å²) in [6.45, 7) is -0.585. The minimum absolute atomic E-state index is 0.319. The average molecular weight is 512 g/mol. The van der Waals surface area contributed by atoms with Crippen molar-refractivity contribution in [3.05, 3.63) is 60.2 Å². The number of hydrogen-bond donors (Lipinski definition) is 5. The molecule has 0 bridgehead atoms. The van der Waals surface area contributed by atoms with Crippen LogP contribution in [0.1, 0.15) is 5.56 Å². The number of fused-ring (bicyclic) bond motifs is 3. The molecule has 0 saturated carbocycles. The molecule has 5 N–H and O–H groups in total. The van der Waals surface area contributed by atoms with Crippen molar-refractivity contribution in [2.24, 2.45) is 0 Å². The third kappa shape index (κ3) is 2.25. The van der Waals surface area contributed by atoms with Gasteiger partial charge in [0, 0.05) is 0 Å². The van der Waals surface area contributed by atoms with E-state index < -0.39 is 59.9 Å². The maximum atomic E-state index is 11.6. The molecule has 2 aliphatic heterocycles. The van der Waals surface area contributed by atoms with E-state index in [1.807, 2.05) is 42.5 Å². The van der Waals surface area contributed by atoms with Crippen LogP contribution in [0.25, 0.3) is 21.5 Å². The van der Waals surface area contributed by atoms with Gasteiger partial charge in [0.1, 0.15) is 0 Å². The normalized spacial score (nSPS) is 37.6. The number of hydrogen-bond acceptors (Lipinski definition) is 6. The molecular weight excluding hydrogens is 494 g/mol. The SMILES string of the molecule is OC[C@H]1O[C@@](O)(c2cccc3cc4ccccc4cc23)[C@]2(O)[Se][Se][C@]2(O)[C@H]1O. The third-order valence-electron chi connectivity index (χ3n) is 5.60. The molecule has 0 spiro atoms. The van der Waals surface area contributed by atoms with Crippen molar-refractivity contribution in [1.82, 2.24) is 0 Å². The molecule has 3 aromatic carbocycles. The first kappa shape index (κ1) is 19.0. The van der Waals surface area contributed by atoms with Gasteiger partial charge >= 0.3 is 172 Å². The number of aliphatic hydroxyl groups is 5.